The number of nitrogens with one attached hydrogen (secondary N) is 2. The third kappa shape index (κ3) is 3.49. The Morgan fingerprint density at radius 2 is 1.92 bits per heavy atom. The van der Waals surface area contributed by atoms with E-state index in [2.05, 4.69) is 10.0 Å². The van der Waals surface area contributed by atoms with Gasteiger partial charge in [-0.2, -0.15) is 0 Å². The maximum absolute atomic E-state index is 12.5. The second-order valence-electron chi connectivity index (χ2n) is 6.13. The Labute approximate surface area is 142 Å². The molecule has 0 radical (unpaired) electrons. The van der Waals surface area contributed by atoms with Gasteiger partial charge in [-0.15, -0.1) is 0 Å². The van der Waals surface area contributed by atoms with E-state index in [0.29, 0.717) is 24.3 Å². The fraction of sp³-hybridized carbons (Fsp3) is 0.278. The monoisotopic (exact) mass is 344 g/mol. The number of sulfonamides is 1. The van der Waals surface area contributed by atoms with E-state index in [9.17, 15) is 13.2 Å². The molecule has 0 aliphatic carbocycles. The van der Waals surface area contributed by atoms with Crippen LogP contribution in [0.15, 0.2) is 41.3 Å². The first-order valence-corrected chi connectivity index (χ1v) is 9.32. The summed E-state index contributed by atoms with van der Waals surface area (Å²) in [5.41, 5.74) is 4.47. The van der Waals surface area contributed by atoms with Crippen LogP contribution in [0.1, 0.15) is 22.3 Å². The molecule has 2 N–H and O–H groups in total. The van der Waals surface area contributed by atoms with Crippen molar-refractivity contribution < 1.29 is 13.2 Å². The number of amides is 1. The van der Waals surface area contributed by atoms with Crippen molar-refractivity contribution in [2.45, 2.75) is 31.6 Å². The molecule has 0 saturated heterocycles. The molecule has 1 amide bonds. The number of carbonyl (C=O) groups excluding carboxylic acids is 1. The summed E-state index contributed by atoms with van der Waals surface area (Å²) < 4.78 is 27.6. The Kier molecular flexibility index (Phi) is 4.43. The van der Waals surface area contributed by atoms with Crippen molar-refractivity contribution in [2.24, 2.45) is 0 Å². The van der Waals surface area contributed by atoms with Gasteiger partial charge in [0.15, 0.2) is 0 Å². The fourth-order valence-corrected chi connectivity index (χ4v) is 4.20. The Hall–Kier alpha value is -2.18. The lowest BCUT2D eigenvalue weighted by Gasteiger charge is -2.10. The maximum atomic E-state index is 12.5. The van der Waals surface area contributed by atoms with Gasteiger partial charge in [-0.1, -0.05) is 24.3 Å². The molecule has 1 aliphatic rings. The molecule has 1 heterocycles. The number of anilines is 1. The molecule has 0 unspecified atom stereocenters. The topological polar surface area (TPSA) is 75.3 Å². The summed E-state index contributed by atoms with van der Waals surface area (Å²) in [7, 11) is -3.52. The Bertz CT molecular complexity index is 904. The molecule has 6 heteroatoms. The standard InChI is InChI=1S/C18H20N2O3S/c1-12-3-4-13(2)17(9-12)24(22,23)19-8-7-14-5-6-16-15(10-14)11-18(21)20-16/h3-6,9-10,19H,7-8,11H2,1-2H3,(H,20,21). The van der Waals surface area contributed by atoms with Crippen molar-refractivity contribution >= 4 is 21.6 Å². The summed E-state index contributed by atoms with van der Waals surface area (Å²) in [5, 5.41) is 2.79. The summed E-state index contributed by atoms with van der Waals surface area (Å²) in [6.07, 6.45) is 0.961. The SMILES string of the molecule is Cc1ccc(C)c(S(=O)(=O)NCCc2ccc3c(c2)CC(=O)N3)c1. The third-order valence-corrected chi connectivity index (χ3v) is 5.74. The molecule has 0 aromatic heterocycles. The minimum absolute atomic E-state index is 0.00206. The predicted molar refractivity (Wildman–Crippen MR) is 93.6 cm³/mol. The van der Waals surface area contributed by atoms with E-state index in [1.165, 1.54) is 0 Å². The zero-order valence-corrected chi connectivity index (χ0v) is 14.5. The Morgan fingerprint density at radius 3 is 2.71 bits per heavy atom. The molecule has 3 rings (SSSR count). The van der Waals surface area contributed by atoms with Gasteiger partial charge in [0.2, 0.25) is 15.9 Å². The van der Waals surface area contributed by atoms with Crippen molar-refractivity contribution in [2.75, 3.05) is 11.9 Å². The zero-order chi connectivity index (χ0) is 17.3. The quantitative estimate of drug-likeness (QED) is 0.874. The molecule has 126 valence electrons. The minimum atomic E-state index is -3.52. The van der Waals surface area contributed by atoms with Crippen LogP contribution in [0.3, 0.4) is 0 Å². The van der Waals surface area contributed by atoms with E-state index >= 15 is 0 Å². The molecule has 0 bridgehead atoms. The van der Waals surface area contributed by atoms with Gasteiger partial charge in [-0.05, 0) is 54.7 Å². The molecule has 24 heavy (non-hydrogen) atoms. The zero-order valence-electron chi connectivity index (χ0n) is 13.7. The Morgan fingerprint density at radius 1 is 1.12 bits per heavy atom. The summed E-state index contributed by atoms with van der Waals surface area (Å²) in [4.78, 5) is 11.7. The van der Waals surface area contributed by atoms with Crippen LogP contribution in [0.5, 0.6) is 0 Å². The number of aryl methyl sites for hydroxylation is 2. The van der Waals surface area contributed by atoms with Crippen LogP contribution in [0.2, 0.25) is 0 Å². The number of carbonyl (C=O) groups is 1. The van der Waals surface area contributed by atoms with Gasteiger partial charge in [0.25, 0.3) is 0 Å². The van der Waals surface area contributed by atoms with E-state index in [1.807, 2.05) is 37.3 Å². The summed E-state index contributed by atoms with van der Waals surface area (Å²) in [6, 6.07) is 11.1. The van der Waals surface area contributed by atoms with Crippen LogP contribution in [-0.4, -0.2) is 20.9 Å². The van der Waals surface area contributed by atoms with Gasteiger partial charge >= 0.3 is 0 Å². The molecular weight excluding hydrogens is 324 g/mol. The molecule has 0 fully saturated rings. The van der Waals surface area contributed by atoms with E-state index in [0.717, 1.165) is 27.9 Å². The molecule has 5 nitrogen and oxygen atoms in total. The first-order chi connectivity index (χ1) is 11.3. The van der Waals surface area contributed by atoms with Crippen molar-refractivity contribution in [3.05, 3.63) is 58.7 Å². The largest absolute Gasteiger partial charge is 0.326 e. The highest BCUT2D eigenvalue weighted by Crippen LogP contribution is 2.24. The molecule has 0 saturated carbocycles. The summed E-state index contributed by atoms with van der Waals surface area (Å²) in [6.45, 7) is 3.98. The normalized spacial score (nSPS) is 13.7. The average molecular weight is 344 g/mol. The van der Waals surface area contributed by atoms with Crippen LogP contribution in [0.25, 0.3) is 0 Å². The smallest absolute Gasteiger partial charge is 0.240 e. The second kappa shape index (κ2) is 6.37. The van der Waals surface area contributed by atoms with Crippen molar-refractivity contribution in [3.63, 3.8) is 0 Å². The highest BCUT2D eigenvalue weighted by atomic mass is 32.2. The van der Waals surface area contributed by atoms with Gasteiger partial charge in [-0.3, -0.25) is 4.79 Å². The van der Waals surface area contributed by atoms with E-state index in [-0.39, 0.29) is 5.91 Å². The van der Waals surface area contributed by atoms with Crippen LogP contribution in [0, 0.1) is 13.8 Å². The average Bonchev–Trinajstić information content (AvgIpc) is 2.88. The van der Waals surface area contributed by atoms with E-state index in [1.54, 1.807) is 13.0 Å². The molecule has 2 aromatic rings. The van der Waals surface area contributed by atoms with E-state index < -0.39 is 10.0 Å². The number of fused-ring (bicyclic) bond motifs is 1. The molecule has 0 atom stereocenters. The van der Waals surface area contributed by atoms with Gasteiger partial charge < -0.3 is 5.32 Å². The molecule has 2 aromatic carbocycles. The van der Waals surface area contributed by atoms with Gasteiger partial charge in [0.1, 0.15) is 0 Å². The minimum Gasteiger partial charge on any atom is -0.326 e. The molecule has 1 aliphatic heterocycles. The predicted octanol–water partition coefficient (Wildman–Crippen LogP) is 2.32. The van der Waals surface area contributed by atoms with Crippen molar-refractivity contribution in [3.8, 4) is 0 Å². The molecular formula is C18H20N2O3S. The first kappa shape index (κ1) is 16.7. The summed E-state index contributed by atoms with van der Waals surface area (Å²) in [5.74, 6) is -0.00206. The van der Waals surface area contributed by atoms with Gasteiger partial charge in [0, 0.05) is 12.2 Å². The molecule has 0 spiro atoms. The fourth-order valence-electron chi connectivity index (χ4n) is 2.84. The van der Waals surface area contributed by atoms with Crippen LogP contribution < -0.4 is 10.0 Å². The lowest BCUT2D eigenvalue weighted by molar-refractivity contribution is -0.115. The van der Waals surface area contributed by atoms with Crippen molar-refractivity contribution in [1.29, 1.82) is 0 Å². The second-order valence-corrected chi connectivity index (χ2v) is 7.87. The van der Waals surface area contributed by atoms with Gasteiger partial charge in [-0.25, -0.2) is 13.1 Å². The highest BCUT2D eigenvalue weighted by molar-refractivity contribution is 7.89. The highest BCUT2D eigenvalue weighted by Gasteiger charge is 2.18. The van der Waals surface area contributed by atoms with Crippen molar-refractivity contribution in [1.82, 2.24) is 4.72 Å². The number of hydrogen-bond acceptors (Lipinski definition) is 3. The van der Waals surface area contributed by atoms with Crippen LogP contribution in [-0.2, 0) is 27.7 Å². The number of benzene rings is 2. The maximum Gasteiger partial charge on any atom is 0.240 e. The van der Waals surface area contributed by atoms with E-state index in [4.69, 9.17) is 0 Å². The lowest BCUT2D eigenvalue weighted by Crippen LogP contribution is -2.26. The van der Waals surface area contributed by atoms with Crippen LogP contribution >= 0.6 is 0 Å². The summed E-state index contributed by atoms with van der Waals surface area (Å²) >= 11 is 0. The van der Waals surface area contributed by atoms with Gasteiger partial charge in [0.05, 0.1) is 11.3 Å². The van der Waals surface area contributed by atoms with Crippen LogP contribution in [0.4, 0.5) is 5.69 Å². The lowest BCUT2D eigenvalue weighted by atomic mass is 10.1. The Balaban J connectivity index is 1.67. The number of rotatable bonds is 5. The first-order valence-electron chi connectivity index (χ1n) is 7.84. The third-order valence-electron chi connectivity index (χ3n) is 4.13. The number of hydrogen-bond donors (Lipinski definition) is 2.